The number of fused-ring (bicyclic) bond motifs is 4. The maximum atomic E-state index is 13.5. The number of nitrogen functional groups attached to an aromatic ring is 1. The van der Waals surface area contributed by atoms with Crippen LogP contribution in [0, 0.1) is 12.8 Å². The fraction of sp³-hybridized carbons (Fsp3) is 0.387. The standard InChI is InChI=1S/C31H37N9O5S/c1-17(2)25-30-35-22(16-46-30)27(42)33-11-13-40(31(44)21-15-23(32)39-38-21)12-7-10-24(41)34-20(14-19-8-5-4-6-9-19)29-37-26(18(3)45-29)28(43)36-25/h4-6,8-9,15-17,20,25H,7,10-14H2,1-3H3,(H,33,42)(H,34,41)(H,36,43)(H3,32,38,39)/t20-,25-/m0/s1. The number of hydrogen-bond acceptors (Lipinski definition) is 10. The van der Waals surface area contributed by atoms with Crippen LogP contribution >= 0.6 is 11.3 Å². The summed E-state index contributed by atoms with van der Waals surface area (Å²) in [5.74, 6) is -0.872. The minimum atomic E-state index is -0.649. The van der Waals surface area contributed by atoms with Gasteiger partial charge < -0.3 is 31.0 Å². The average molecular weight is 648 g/mol. The Balaban J connectivity index is 1.45. The van der Waals surface area contributed by atoms with Gasteiger partial charge in [-0.15, -0.1) is 11.3 Å². The third-order valence-electron chi connectivity index (χ3n) is 7.53. The third-order valence-corrected chi connectivity index (χ3v) is 8.46. The number of carbonyl (C=O) groups excluding carboxylic acids is 4. The molecule has 0 radical (unpaired) electrons. The fourth-order valence-electron chi connectivity index (χ4n) is 5.11. The van der Waals surface area contributed by atoms with E-state index in [9.17, 15) is 19.2 Å². The molecule has 6 N–H and O–H groups in total. The summed E-state index contributed by atoms with van der Waals surface area (Å²) in [4.78, 5) is 63.6. The van der Waals surface area contributed by atoms with Crippen molar-refractivity contribution in [3.8, 4) is 0 Å². The van der Waals surface area contributed by atoms with Crippen molar-refractivity contribution < 1.29 is 23.6 Å². The first-order valence-electron chi connectivity index (χ1n) is 15.0. The molecule has 5 rings (SSSR count). The number of aryl methyl sites for hydroxylation is 1. The molecule has 3 aromatic heterocycles. The van der Waals surface area contributed by atoms with Gasteiger partial charge in [-0.2, -0.15) is 5.10 Å². The molecule has 0 fully saturated rings. The molecule has 0 aliphatic carbocycles. The van der Waals surface area contributed by atoms with Gasteiger partial charge in [0.25, 0.3) is 17.7 Å². The Morgan fingerprint density at radius 1 is 1.11 bits per heavy atom. The molecular formula is C31H37N9O5S. The van der Waals surface area contributed by atoms with E-state index in [0.717, 1.165) is 5.56 Å². The number of thiazole rings is 1. The van der Waals surface area contributed by atoms with Crippen LogP contribution in [0.1, 0.15) is 92.5 Å². The monoisotopic (exact) mass is 647 g/mol. The molecule has 2 atom stereocenters. The highest BCUT2D eigenvalue weighted by Gasteiger charge is 2.29. The van der Waals surface area contributed by atoms with E-state index in [-0.39, 0.29) is 72.6 Å². The quantitative estimate of drug-likeness (QED) is 0.221. The number of anilines is 1. The molecule has 4 bridgehead atoms. The SMILES string of the molecule is Cc1oc2nc1C(=O)N[C@@H](C(C)C)c1nc(cs1)C(=O)NCCN(C(=O)c1cc(N)n[nH]1)CCCC(=O)N[C@H]2Cc1ccccc1. The normalized spacial score (nSPS) is 18.5. The molecule has 0 spiro atoms. The number of nitrogens with two attached hydrogens (primary N) is 1. The van der Waals surface area contributed by atoms with Gasteiger partial charge in [-0.05, 0) is 24.8 Å². The molecule has 0 unspecified atom stereocenters. The topological polar surface area (TPSA) is 201 Å². The number of hydrogen-bond donors (Lipinski definition) is 5. The van der Waals surface area contributed by atoms with Gasteiger partial charge in [-0.3, -0.25) is 24.3 Å². The van der Waals surface area contributed by atoms with Gasteiger partial charge in [-0.1, -0.05) is 44.2 Å². The van der Waals surface area contributed by atoms with Crippen molar-refractivity contribution >= 4 is 40.8 Å². The van der Waals surface area contributed by atoms with E-state index in [4.69, 9.17) is 10.2 Å². The molecular weight excluding hydrogens is 610 g/mol. The van der Waals surface area contributed by atoms with Crippen LogP contribution in [0.3, 0.4) is 0 Å². The lowest BCUT2D eigenvalue weighted by Gasteiger charge is -2.22. The maximum absolute atomic E-state index is 13.5. The predicted molar refractivity (Wildman–Crippen MR) is 170 cm³/mol. The maximum Gasteiger partial charge on any atom is 0.274 e. The zero-order valence-electron chi connectivity index (χ0n) is 25.8. The van der Waals surface area contributed by atoms with E-state index in [1.807, 2.05) is 44.2 Å². The number of rotatable bonds is 4. The van der Waals surface area contributed by atoms with Gasteiger partial charge in [0, 0.05) is 43.9 Å². The molecule has 242 valence electrons. The number of nitrogens with one attached hydrogen (secondary N) is 4. The summed E-state index contributed by atoms with van der Waals surface area (Å²) in [5, 5.41) is 17.5. The van der Waals surface area contributed by atoms with E-state index >= 15 is 0 Å². The minimum absolute atomic E-state index is 0.0586. The second-order valence-electron chi connectivity index (χ2n) is 11.4. The number of carbonyl (C=O) groups is 4. The van der Waals surface area contributed by atoms with Gasteiger partial charge in [0.15, 0.2) is 5.69 Å². The number of benzene rings is 1. The summed E-state index contributed by atoms with van der Waals surface area (Å²) in [6, 6.07) is 9.87. The molecule has 4 amide bonds. The smallest absolute Gasteiger partial charge is 0.274 e. The molecule has 4 aromatic rings. The highest BCUT2D eigenvalue weighted by molar-refractivity contribution is 7.09. The van der Waals surface area contributed by atoms with Gasteiger partial charge in [0.05, 0.1) is 6.04 Å². The lowest BCUT2D eigenvalue weighted by atomic mass is 10.0. The van der Waals surface area contributed by atoms with Crippen molar-refractivity contribution in [2.24, 2.45) is 5.92 Å². The first-order valence-corrected chi connectivity index (χ1v) is 15.9. The van der Waals surface area contributed by atoms with Crippen LogP contribution < -0.4 is 21.7 Å². The summed E-state index contributed by atoms with van der Waals surface area (Å²) < 4.78 is 5.98. The Labute approximate surface area is 269 Å². The van der Waals surface area contributed by atoms with Crippen molar-refractivity contribution in [1.29, 1.82) is 0 Å². The Morgan fingerprint density at radius 3 is 2.61 bits per heavy atom. The molecule has 46 heavy (non-hydrogen) atoms. The van der Waals surface area contributed by atoms with E-state index in [0.29, 0.717) is 23.6 Å². The molecule has 15 heteroatoms. The number of H-pyrrole nitrogens is 1. The Morgan fingerprint density at radius 2 is 1.89 bits per heavy atom. The number of aromatic nitrogens is 4. The Hall–Kier alpha value is -5.05. The molecule has 1 aliphatic heterocycles. The van der Waals surface area contributed by atoms with Crippen LogP contribution in [0.4, 0.5) is 5.82 Å². The van der Waals surface area contributed by atoms with Gasteiger partial charge >= 0.3 is 0 Å². The summed E-state index contributed by atoms with van der Waals surface area (Å²) in [6.45, 7) is 6.07. The van der Waals surface area contributed by atoms with Crippen molar-refractivity contribution in [2.75, 3.05) is 25.4 Å². The van der Waals surface area contributed by atoms with E-state index < -0.39 is 23.9 Å². The van der Waals surface area contributed by atoms with Gasteiger partial charge in [0.1, 0.15) is 34.0 Å². The second kappa shape index (κ2) is 14.4. The van der Waals surface area contributed by atoms with Crippen molar-refractivity contribution in [3.05, 3.63) is 81.1 Å². The van der Waals surface area contributed by atoms with Gasteiger partial charge in [-0.25, -0.2) is 9.97 Å². The largest absolute Gasteiger partial charge is 0.443 e. The lowest BCUT2D eigenvalue weighted by Crippen LogP contribution is -2.40. The molecule has 14 nitrogen and oxygen atoms in total. The van der Waals surface area contributed by atoms with Crippen LogP contribution in [-0.2, 0) is 11.2 Å². The summed E-state index contributed by atoms with van der Waals surface area (Å²) >= 11 is 1.27. The molecule has 1 aliphatic rings. The fourth-order valence-corrected chi connectivity index (χ4v) is 6.13. The molecule has 0 saturated heterocycles. The van der Waals surface area contributed by atoms with Crippen molar-refractivity contribution in [1.82, 2.24) is 41.0 Å². The van der Waals surface area contributed by atoms with Crippen LogP contribution in [0.2, 0.25) is 0 Å². The van der Waals surface area contributed by atoms with Crippen LogP contribution in [0.25, 0.3) is 0 Å². The highest BCUT2D eigenvalue weighted by Crippen LogP contribution is 2.27. The van der Waals surface area contributed by atoms with Crippen molar-refractivity contribution in [2.45, 2.75) is 52.1 Å². The molecule has 0 saturated carbocycles. The number of amides is 4. The lowest BCUT2D eigenvalue weighted by molar-refractivity contribution is -0.122. The van der Waals surface area contributed by atoms with Crippen molar-refractivity contribution in [3.63, 3.8) is 0 Å². The molecule has 4 heterocycles. The second-order valence-corrected chi connectivity index (χ2v) is 12.3. The van der Waals surface area contributed by atoms with Crippen LogP contribution in [0.5, 0.6) is 0 Å². The van der Waals surface area contributed by atoms with Gasteiger partial charge in [0.2, 0.25) is 11.8 Å². The summed E-state index contributed by atoms with van der Waals surface area (Å²) in [6.07, 6.45) is 0.810. The van der Waals surface area contributed by atoms with E-state index in [1.165, 1.54) is 22.3 Å². The highest BCUT2D eigenvalue weighted by atomic mass is 32.1. The van der Waals surface area contributed by atoms with Crippen LogP contribution in [-0.4, -0.2) is 68.3 Å². The first kappa shape index (κ1) is 32.3. The summed E-state index contributed by atoms with van der Waals surface area (Å²) in [5.41, 5.74) is 7.16. The van der Waals surface area contributed by atoms with Crippen LogP contribution in [0.15, 0.2) is 46.2 Å². The summed E-state index contributed by atoms with van der Waals surface area (Å²) in [7, 11) is 0. The Kier molecular flexibility index (Phi) is 10.1. The number of oxazole rings is 1. The first-order chi connectivity index (χ1) is 22.1. The minimum Gasteiger partial charge on any atom is -0.443 e. The number of nitrogens with zero attached hydrogens (tertiary/aromatic N) is 4. The Bertz CT molecular complexity index is 1700. The van der Waals surface area contributed by atoms with E-state index in [1.54, 1.807) is 12.3 Å². The average Bonchev–Trinajstić information content (AvgIpc) is 3.78. The third kappa shape index (κ3) is 7.77. The molecule has 1 aromatic carbocycles. The zero-order valence-corrected chi connectivity index (χ0v) is 26.6. The predicted octanol–water partition coefficient (Wildman–Crippen LogP) is 2.94. The number of aromatic amines is 1. The zero-order chi connectivity index (χ0) is 32.8. The van der Waals surface area contributed by atoms with E-state index in [2.05, 4.69) is 36.1 Å².